The molecular formula is C15H18BrNO5. The zero-order valence-corrected chi connectivity index (χ0v) is 14.0. The van der Waals surface area contributed by atoms with Gasteiger partial charge in [-0.25, -0.2) is 4.79 Å². The van der Waals surface area contributed by atoms with E-state index >= 15 is 0 Å². The third kappa shape index (κ3) is 3.91. The lowest BCUT2D eigenvalue weighted by molar-refractivity contribution is -0.143. The summed E-state index contributed by atoms with van der Waals surface area (Å²) in [6.45, 7) is 4.46. The van der Waals surface area contributed by atoms with E-state index < -0.39 is 12.0 Å². The van der Waals surface area contributed by atoms with Gasteiger partial charge in [0.1, 0.15) is 19.3 Å². The predicted octanol–water partition coefficient (Wildman–Crippen LogP) is 1.99. The van der Waals surface area contributed by atoms with Gasteiger partial charge in [0.15, 0.2) is 11.5 Å². The first-order chi connectivity index (χ1) is 10.4. The fourth-order valence-corrected chi connectivity index (χ4v) is 2.62. The molecule has 1 aromatic carbocycles. The van der Waals surface area contributed by atoms with Crippen molar-refractivity contribution in [1.29, 1.82) is 0 Å². The molecule has 2 N–H and O–H groups in total. The lowest BCUT2D eigenvalue weighted by Gasteiger charge is -2.21. The van der Waals surface area contributed by atoms with Gasteiger partial charge in [0.05, 0.1) is 6.42 Å². The largest absolute Gasteiger partial charge is 0.486 e. The Labute approximate surface area is 136 Å². The number of hydrogen-bond donors (Lipinski definition) is 2. The summed E-state index contributed by atoms with van der Waals surface area (Å²) in [5, 5.41) is 11.7. The summed E-state index contributed by atoms with van der Waals surface area (Å²) in [7, 11) is 0. The van der Waals surface area contributed by atoms with Gasteiger partial charge in [-0.05, 0) is 23.6 Å². The third-order valence-electron chi connectivity index (χ3n) is 3.31. The highest BCUT2D eigenvalue weighted by atomic mass is 79.9. The van der Waals surface area contributed by atoms with Crippen molar-refractivity contribution >= 4 is 27.8 Å². The molecule has 0 saturated heterocycles. The average molecular weight is 372 g/mol. The highest BCUT2D eigenvalue weighted by Gasteiger charge is 2.24. The van der Waals surface area contributed by atoms with Crippen molar-refractivity contribution in [2.75, 3.05) is 13.2 Å². The molecular weight excluding hydrogens is 354 g/mol. The summed E-state index contributed by atoms with van der Waals surface area (Å²) in [5.74, 6) is -0.350. The normalized spacial score (nSPS) is 14.5. The molecule has 2 rings (SSSR count). The van der Waals surface area contributed by atoms with Crippen LogP contribution in [0.4, 0.5) is 0 Å². The van der Waals surface area contributed by atoms with Crippen LogP contribution in [0.1, 0.15) is 19.4 Å². The number of halogens is 1. The molecule has 1 heterocycles. The molecule has 22 heavy (non-hydrogen) atoms. The van der Waals surface area contributed by atoms with E-state index in [-0.39, 0.29) is 18.2 Å². The van der Waals surface area contributed by atoms with Gasteiger partial charge in [-0.1, -0.05) is 29.8 Å². The molecule has 1 amide bonds. The van der Waals surface area contributed by atoms with Gasteiger partial charge in [-0.15, -0.1) is 0 Å². The van der Waals surface area contributed by atoms with Crippen LogP contribution < -0.4 is 14.8 Å². The standard InChI is InChI=1S/C15H18BrNO5/c1-8(2)14(15(19)20)17-13(18)6-9-5-11-12(7-10(9)16)22-4-3-21-11/h5,7-8,14H,3-4,6H2,1-2H3,(H,17,18)(H,19,20)/t14-/m0/s1. The Morgan fingerprint density at radius 2 is 1.86 bits per heavy atom. The number of fused-ring (bicyclic) bond motifs is 1. The van der Waals surface area contributed by atoms with Crippen molar-refractivity contribution in [3.8, 4) is 11.5 Å². The van der Waals surface area contributed by atoms with Gasteiger partial charge < -0.3 is 19.9 Å². The summed E-state index contributed by atoms with van der Waals surface area (Å²) in [5.41, 5.74) is 0.717. The number of carboxylic acid groups (broad SMARTS) is 1. The molecule has 6 nitrogen and oxygen atoms in total. The second kappa shape index (κ2) is 7.00. The van der Waals surface area contributed by atoms with Crippen molar-refractivity contribution in [2.45, 2.75) is 26.3 Å². The topological polar surface area (TPSA) is 84.9 Å². The number of carboxylic acids is 1. The smallest absolute Gasteiger partial charge is 0.326 e. The van der Waals surface area contributed by atoms with E-state index in [1.54, 1.807) is 26.0 Å². The minimum Gasteiger partial charge on any atom is -0.486 e. The van der Waals surface area contributed by atoms with Crippen LogP contribution in [-0.4, -0.2) is 36.2 Å². The van der Waals surface area contributed by atoms with Crippen LogP contribution in [0.15, 0.2) is 16.6 Å². The maximum Gasteiger partial charge on any atom is 0.326 e. The SMILES string of the molecule is CC(C)[C@H](NC(=O)Cc1cc2c(cc1Br)OCCO2)C(=O)O. The fourth-order valence-electron chi connectivity index (χ4n) is 2.15. The molecule has 1 aliphatic rings. The van der Waals surface area contributed by atoms with Crippen LogP contribution in [0.3, 0.4) is 0 Å². The number of hydrogen-bond acceptors (Lipinski definition) is 4. The van der Waals surface area contributed by atoms with Crippen molar-refractivity contribution in [3.63, 3.8) is 0 Å². The molecule has 1 aliphatic heterocycles. The number of amides is 1. The quantitative estimate of drug-likeness (QED) is 0.826. The second-order valence-corrected chi connectivity index (χ2v) is 6.25. The minimum absolute atomic E-state index is 0.0632. The highest BCUT2D eigenvalue weighted by Crippen LogP contribution is 2.35. The third-order valence-corrected chi connectivity index (χ3v) is 4.05. The van der Waals surface area contributed by atoms with Gasteiger partial charge in [0.2, 0.25) is 5.91 Å². The monoisotopic (exact) mass is 371 g/mol. The minimum atomic E-state index is -1.04. The van der Waals surface area contributed by atoms with E-state index in [0.717, 1.165) is 10.0 Å². The van der Waals surface area contributed by atoms with Gasteiger partial charge in [-0.3, -0.25) is 4.79 Å². The zero-order valence-electron chi connectivity index (χ0n) is 12.4. The van der Waals surface area contributed by atoms with Crippen LogP contribution >= 0.6 is 15.9 Å². The number of carbonyl (C=O) groups excluding carboxylic acids is 1. The van der Waals surface area contributed by atoms with Crippen LogP contribution in [0, 0.1) is 5.92 Å². The number of rotatable bonds is 5. The predicted molar refractivity (Wildman–Crippen MR) is 83.2 cm³/mol. The molecule has 1 atom stereocenters. The molecule has 0 radical (unpaired) electrons. The lowest BCUT2D eigenvalue weighted by atomic mass is 10.0. The summed E-state index contributed by atoms with van der Waals surface area (Å²) in [6.07, 6.45) is 0.0632. The Hall–Kier alpha value is -1.76. The molecule has 0 fully saturated rings. The van der Waals surface area contributed by atoms with E-state index in [1.807, 2.05) is 0 Å². The molecule has 0 aliphatic carbocycles. The first-order valence-electron chi connectivity index (χ1n) is 6.98. The fraction of sp³-hybridized carbons (Fsp3) is 0.467. The van der Waals surface area contributed by atoms with Crippen molar-refractivity contribution in [1.82, 2.24) is 5.32 Å². The van der Waals surface area contributed by atoms with Gasteiger partial charge >= 0.3 is 5.97 Å². The molecule has 0 unspecified atom stereocenters. The summed E-state index contributed by atoms with van der Waals surface area (Å²) in [6, 6.07) is 2.60. The van der Waals surface area contributed by atoms with Crippen LogP contribution in [-0.2, 0) is 16.0 Å². The van der Waals surface area contributed by atoms with E-state index in [1.165, 1.54) is 0 Å². The van der Waals surface area contributed by atoms with Crippen molar-refractivity contribution in [3.05, 3.63) is 22.2 Å². The molecule has 0 saturated carbocycles. The lowest BCUT2D eigenvalue weighted by Crippen LogP contribution is -2.44. The Kier molecular flexibility index (Phi) is 5.28. The first-order valence-corrected chi connectivity index (χ1v) is 7.78. The van der Waals surface area contributed by atoms with Crippen LogP contribution in [0.25, 0.3) is 0 Å². The maximum absolute atomic E-state index is 12.1. The van der Waals surface area contributed by atoms with E-state index in [9.17, 15) is 9.59 Å². The number of benzene rings is 1. The molecule has 1 aromatic rings. The van der Waals surface area contributed by atoms with Crippen molar-refractivity contribution in [2.24, 2.45) is 5.92 Å². The molecule has 120 valence electrons. The summed E-state index contributed by atoms with van der Waals surface area (Å²) < 4.78 is 11.7. The Morgan fingerprint density at radius 1 is 1.27 bits per heavy atom. The van der Waals surface area contributed by atoms with Crippen LogP contribution in [0.2, 0.25) is 0 Å². The molecule has 7 heteroatoms. The van der Waals surface area contributed by atoms with Crippen molar-refractivity contribution < 1.29 is 24.2 Å². The van der Waals surface area contributed by atoms with Gasteiger partial charge in [0.25, 0.3) is 0 Å². The summed E-state index contributed by atoms with van der Waals surface area (Å²) in [4.78, 5) is 23.2. The number of ether oxygens (including phenoxy) is 2. The van der Waals surface area contributed by atoms with E-state index in [4.69, 9.17) is 14.6 Å². The van der Waals surface area contributed by atoms with Gasteiger partial charge in [0, 0.05) is 4.47 Å². The number of carbonyl (C=O) groups is 2. The van der Waals surface area contributed by atoms with Crippen LogP contribution in [0.5, 0.6) is 11.5 Å². The Bertz CT molecular complexity index is 588. The average Bonchev–Trinajstić information content (AvgIpc) is 2.45. The first kappa shape index (κ1) is 16.6. The Balaban J connectivity index is 2.10. The zero-order chi connectivity index (χ0) is 16.3. The highest BCUT2D eigenvalue weighted by molar-refractivity contribution is 9.10. The Morgan fingerprint density at radius 3 is 2.41 bits per heavy atom. The molecule has 0 bridgehead atoms. The van der Waals surface area contributed by atoms with E-state index in [2.05, 4.69) is 21.2 Å². The maximum atomic E-state index is 12.1. The second-order valence-electron chi connectivity index (χ2n) is 5.39. The summed E-state index contributed by atoms with van der Waals surface area (Å²) >= 11 is 3.40. The van der Waals surface area contributed by atoms with E-state index in [0.29, 0.717) is 24.7 Å². The molecule has 0 aromatic heterocycles. The van der Waals surface area contributed by atoms with Gasteiger partial charge in [-0.2, -0.15) is 0 Å². The number of nitrogens with one attached hydrogen (secondary N) is 1. The molecule has 0 spiro atoms. The number of aliphatic carboxylic acids is 1.